The molecule has 2 aliphatic heterocycles. The molecule has 5 nitrogen and oxygen atoms in total. The Morgan fingerprint density at radius 2 is 1.61 bits per heavy atom. The van der Waals surface area contributed by atoms with E-state index in [0.717, 1.165) is 38.0 Å². The van der Waals surface area contributed by atoms with E-state index in [1.165, 1.54) is 0 Å². The lowest BCUT2D eigenvalue weighted by Crippen LogP contribution is -2.52. The van der Waals surface area contributed by atoms with Crippen molar-refractivity contribution in [1.82, 2.24) is 9.80 Å². The molecule has 0 spiro atoms. The summed E-state index contributed by atoms with van der Waals surface area (Å²) in [4.78, 5) is 17.6. The summed E-state index contributed by atoms with van der Waals surface area (Å²) < 4.78 is 6.19. The van der Waals surface area contributed by atoms with Crippen molar-refractivity contribution in [1.29, 1.82) is 0 Å². The second-order valence-corrected chi connectivity index (χ2v) is 7.66. The average Bonchev–Trinajstić information content (AvgIpc) is 2.76. The number of hydrogen-bond acceptors (Lipinski definition) is 4. The second-order valence-electron chi connectivity index (χ2n) is 7.66. The van der Waals surface area contributed by atoms with Crippen molar-refractivity contribution in [3.05, 3.63) is 71.8 Å². The van der Waals surface area contributed by atoms with Crippen LogP contribution in [0, 0.1) is 0 Å². The average molecular weight is 380 g/mol. The standard InChI is InChI=1S/C23H28N2O3/c26-20-11-13-24(14-12-20)17-21-22(18-7-3-1-4-8-18)25(15-16-28-21)23(27)19-9-5-2-6-10-19/h1-10,20-22,26H,11-17H2/t21-,22-/m0/s1. The lowest BCUT2D eigenvalue weighted by atomic mass is 9.95. The minimum atomic E-state index is -0.190. The van der Waals surface area contributed by atoms with Gasteiger partial charge in [-0.15, -0.1) is 0 Å². The van der Waals surface area contributed by atoms with E-state index in [1.807, 2.05) is 53.4 Å². The number of amides is 1. The molecule has 5 heteroatoms. The van der Waals surface area contributed by atoms with Crippen LogP contribution >= 0.6 is 0 Å². The molecular weight excluding hydrogens is 352 g/mol. The minimum absolute atomic E-state index is 0.0526. The molecule has 2 fully saturated rings. The fourth-order valence-electron chi connectivity index (χ4n) is 4.26. The maximum atomic E-state index is 13.3. The van der Waals surface area contributed by atoms with Gasteiger partial charge in [0.15, 0.2) is 0 Å². The topological polar surface area (TPSA) is 53.0 Å². The van der Waals surface area contributed by atoms with E-state index < -0.39 is 0 Å². The molecule has 0 radical (unpaired) electrons. The van der Waals surface area contributed by atoms with Gasteiger partial charge in [0.1, 0.15) is 0 Å². The number of carbonyl (C=O) groups is 1. The van der Waals surface area contributed by atoms with Crippen LogP contribution in [0.15, 0.2) is 60.7 Å². The number of aliphatic hydroxyl groups is 1. The van der Waals surface area contributed by atoms with Crippen molar-refractivity contribution >= 4 is 5.91 Å². The molecule has 2 aromatic rings. The molecule has 0 bridgehead atoms. The highest BCUT2D eigenvalue weighted by atomic mass is 16.5. The molecule has 2 aromatic carbocycles. The first-order chi connectivity index (χ1) is 13.7. The zero-order valence-corrected chi connectivity index (χ0v) is 16.1. The largest absolute Gasteiger partial charge is 0.393 e. The molecule has 28 heavy (non-hydrogen) atoms. The van der Waals surface area contributed by atoms with Crippen LogP contribution in [0.1, 0.15) is 34.8 Å². The zero-order chi connectivity index (χ0) is 19.3. The van der Waals surface area contributed by atoms with Crippen LogP contribution in [0.3, 0.4) is 0 Å². The molecule has 2 heterocycles. The summed E-state index contributed by atoms with van der Waals surface area (Å²) in [6, 6.07) is 19.6. The van der Waals surface area contributed by atoms with Gasteiger partial charge in [-0.25, -0.2) is 0 Å². The minimum Gasteiger partial charge on any atom is -0.393 e. The summed E-state index contributed by atoms with van der Waals surface area (Å²) in [7, 11) is 0. The van der Waals surface area contributed by atoms with Crippen LogP contribution in [-0.4, -0.2) is 65.8 Å². The van der Waals surface area contributed by atoms with Gasteiger partial charge >= 0.3 is 0 Å². The van der Waals surface area contributed by atoms with E-state index in [0.29, 0.717) is 18.7 Å². The first-order valence-corrected chi connectivity index (χ1v) is 10.2. The predicted molar refractivity (Wildman–Crippen MR) is 108 cm³/mol. The summed E-state index contributed by atoms with van der Waals surface area (Å²) in [6.07, 6.45) is 1.33. The van der Waals surface area contributed by atoms with E-state index >= 15 is 0 Å². The van der Waals surface area contributed by atoms with E-state index in [-0.39, 0.29) is 24.2 Å². The SMILES string of the molecule is O=C(c1ccccc1)N1CCO[C@@H](CN2CCC(O)CC2)[C@@H]1c1ccccc1. The van der Waals surface area contributed by atoms with Gasteiger partial charge in [0, 0.05) is 31.7 Å². The van der Waals surface area contributed by atoms with Gasteiger partial charge < -0.3 is 19.6 Å². The predicted octanol–water partition coefficient (Wildman–Crippen LogP) is 2.73. The Labute approximate surface area is 166 Å². The Morgan fingerprint density at radius 1 is 0.964 bits per heavy atom. The molecule has 0 aromatic heterocycles. The van der Waals surface area contributed by atoms with Crippen LogP contribution in [0.5, 0.6) is 0 Å². The third-order valence-corrected chi connectivity index (χ3v) is 5.77. The molecule has 2 aliphatic rings. The van der Waals surface area contributed by atoms with Crippen LogP contribution in [0.4, 0.5) is 0 Å². The van der Waals surface area contributed by atoms with Gasteiger partial charge in [0.25, 0.3) is 5.91 Å². The van der Waals surface area contributed by atoms with E-state index in [2.05, 4.69) is 17.0 Å². The van der Waals surface area contributed by atoms with Crippen molar-refractivity contribution in [3.63, 3.8) is 0 Å². The monoisotopic (exact) mass is 380 g/mol. The van der Waals surface area contributed by atoms with Gasteiger partial charge in [0.2, 0.25) is 0 Å². The van der Waals surface area contributed by atoms with Crippen LogP contribution < -0.4 is 0 Å². The molecule has 1 N–H and O–H groups in total. The quantitative estimate of drug-likeness (QED) is 0.886. The molecule has 2 atom stereocenters. The summed E-state index contributed by atoms with van der Waals surface area (Å²) in [5, 5.41) is 9.79. The highest BCUT2D eigenvalue weighted by Gasteiger charge is 2.38. The van der Waals surface area contributed by atoms with Gasteiger partial charge in [-0.2, -0.15) is 0 Å². The number of rotatable bonds is 4. The van der Waals surface area contributed by atoms with Crippen molar-refractivity contribution in [2.45, 2.75) is 31.1 Å². The number of benzene rings is 2. The van der Waals surface area contributed by atoms with E-state index in [1.54, 1.807) is 0 Å². The summed E-state index contributed by atoms with van der Waals surface area (Å²) in [5.41, 5.74) is 1.82. The van der Waals surface area contributed by atoms with E-state index in [4.69, 9.17) is 4.74 Å². The summed E-state index contributed by atoms with van der Waals surface area (Å²) in [6.45, 7) is 3.64. The highest BCUT2D eigenvalue weighted by Crippen LogP contribution is 2.32. The summed E-state index contributed by atoms with van der Waals surface area (Å²) >= 11 is 0. The third-order valence-electron chi connectivity index (χ3n) is 5.77. The number of ether oxygens (including phenoxy) is 1. The maximum Gasteiger partial charge on any atom is 0.254 e. The van der Waals surface area contributed by atoms with Crippen LogP contribution in [0.2, 0.25) is 0 Å². The second kappa shape index (κ2) is 8.86. The third kappa shape index (κ3) is 4.27. The lowest BCUT2D eigenvalue weighted by Gasteiger charge is -2.44. The number of carbonyl (C=O) groups excluding carboxylic acids is 1. The number of hydrogen-bond donors (Lipinski definition) is 1. The normalized spacial score (nSPS) is 24.2. The fourth-order valence-corrected chi connectivity index (χ4v) is 4.26. The van der Waals surface area contributed by atoms with Gasteiger partial charge in [0.05, 0.1) is 24.9 Å². The first-order valence-electron chi connectivity index (χ1n) is 10.2. The van der Waals surface area contributed by atoms with Crippen LogP contribution in [-0.2, 0) is 4.74 Å². The molecule has 0 saturated carbocycles. The number of morpholine rings is 1. The molecule has 1 amide bonds. The fraction of sp³-hybridized carbons (Fsp3) is 0.435. The first kappa shape index (κ1) is 19.1. The molecule has 2 saturated heterocycles. The van der Waals surface area contributed by atoms with Gasteiger partial charge in [-0.1, -0.05) is 48.5 Å². The highest BCUT2D eigenvalue weighted by molar-refractivity contribution is 5.94. The van der Waals surface area contributed by atoms with Crippen LogP contribution in [0.25, 0.3) is 0 Å². The van der Waals surface area contributed by atoms with Crippen molar-refractivity contribution in [3.8, 4) is 0 Å². The van der Waals surface area contributed by atoms with Gasteiger partial charge in [-0.05, 0) is 30.5 Å². The maximum absolute atomic E-state index is 13.3. The summed E-state index contributed by atoms with van der Waals surface area (Å²) in [5.74, 6) is 0.0526. The molecule has 0 unspecified atom stereocenters. The number of piperidine rings is 1. The van der Waals surface area contributed by atoms with Crippen molar-refractivity contribution in [2.24, 2.45) is 0 Å². The van der Waals surface area contributed by atoms with Gasteiger partial charge in [-0.3, -0.25) is 4.79 Å². The van der Waals surface area contributed by atoms with E-state index in [9.17, 15) is 9.90 Å². The Bertz CT molecular complexity index is 760. The van der Waals surface area contributed by atoms with Crippen molar-refractivity contribution < 1.29 is 14.6 Å². The Balaban J connectivity index is 1.59. The Morgan fingerprint density at radius 3 is 2.29 bits per heavy atom. The smallest absolute Gasteiger partial charge is 0.254 e. The number of likely N-dealkylation sites (tertiary alicyclic amines) is 1. The molecular formula is C23H28N2O3. The number of aliphatic hydroxyl groups excluding tert-OH is 1. The molecule has 4 rings (SSSR count). The van der Waals surface area contributed by atoms with Crippen molar-refractivity contribution in [2.75, 3.05) is 32.8 Å². The zero-order valence-electron chi connectivity index (χ0n) is 16.1. The Hall–Kier alpha value is -2.21. The Kier molecular flexibility index (Phi) is 6.05. The number of nitrogens with zero attached hydrogens (tertiary/aromatic N) is 2. The lowest BCUT2D eigenvalue weighted by molar-refractivity contribution is -0.0770. The molecule has 148 valence electrons. The molecule has 0 aliphatic carbocycles.